The Hall–Kier alpha value is -3.71. The molecular weight excluding hydrogens is 386 g/mol. The number of hydrogen-bond donors (Lipinski definition) is 2. The molecule has 2 amide bonds. The third kappa shape index (κ3) is 4.59. The molecule has 7 heteroatoms. The number of hydrogen-bond acceptors (Lipinski definition) is 5. The molecule has 4 aromatic rings. The van der Waals surface area contributed by atoms with E-state index in [4.69, 9.17) is 4.74 Å². The van der Waals surface area contributed by atoms with Crippen LogP contribution in [0, 0.1) is 0 Å². The van der Waals surface area contributed by atoms with E-state index in [0.29, 0.717) is 27.9 Å². The van der Waals surface area contributed by atoms with E-state index >= 15 is 0 Å². The number of carbonyl (C=O) groups excluding carboxylic acids is 2. The molecule has 0 saturated carbocycles. The van der Waals surface area contributed by atoms with Crippen LogP contribution < -0.4 is 15.4 Å². The highest BCUT2D eigenvalue weighted by molar-refractivity contribution is 7.22. The summed E-state index contributed by atoms with van der Waals surface area (Å²) in [6.45, 7) is 1.46. The van der Waals surface area contributed by atoms with Gasteiger partial charge in [0.2, 0.25) is 5.91 Å². The van der Waals surface area contributed by atoms with Crippen molar-refractivity contribution in [1.82, 2.24) is 4.98 Å². The van der Waals surface area contributed by atoms with Crippen LogP contribution in [-0.4, -0.2) is 16.8 Å². The molecule has 0 aliphatic carbocycles. The number of rotatable bonds is 5. The lowest BCUT2D eigenvalue weighted by Gasteiger charge is -2.07. The number of ether oxygens (including phenoxy) is 1. The number of amides is 2. The summed E-state index contributed by atoms with van der Waals surface area (Å²) in [5.74, 6) is 0.865. The van der Waals surface area contributed by atoms with Gasteiger partial charge in [-0.1, -0.05) is 35.6 Å². The van der Waals surface area contributed by atoms with Gasteiger partial charge in [0.1, 0.15) is 11.5 Å². The van der Waals surface area contributed by atoms with Crippen LogP contribution in [0.3, 0.4) is 0 Å². The van der Waals surface area contributed by atoms with Crippen molar-refractivity contribution in [3.63, 3.8) is 0 Å². The van der Waals surface area contributed by atoms with E-state index in [0.717, 1.165) is 10.2 Å². The summed E-state index contributed by atoms with van der Waals surface area (Å²) in [7, 11) is 0. The number of nitrogens with one attached hydrogen (secondary N) is 2. The average molecular weight is 403 g/mol. The average Bonchev–Trinajstić information content (AvgIpc) is 3.10. The van der Waals surface area contributed by atoms with E-state index in [1.807, 2.05) is 36.4 Å². The first-order valence-electron chi connectivity index (χ1n) is 8.89. The smallest absolute Gasteiger partial charge is 0.257 e. The molecule has 1 heterocycles. The Kier molecular flexibility index (Phi) is 5.22. The van der Waals surface area contributed by atoms with Crippen LogP contribution in [0.1, 0.15) is 17.3 Å². The van der Waals surface area contributed by atoms with Gasteiger partial charge in [0.15, 0.2) is 5.13 Å². The second-order valence-electron chi connectivity index (χ2n) is 6.28. The fourth-order valence-electron chi connectivity index (χ4n) is 2.75. The van der Waals surface area contributed by atoms with Crippen LogP contribution >= 0.6 is 11.3 Å². The number of aromatic nitrogens is 1. The lowest BCUT2D eigenvalue weighted by molar-refractivity contribution is -0.114. The van der Waals surface area contributed by atoms with Gasteiger partial charge in [-0.25, -0.2) is 4.98 Å². The first-order valence-corrected chi connectivity index (χ1v) is 9.71. The van der Waals surface area contributed by atoms with Gasteiger partial charge in [-0.3, -0.25) is 14.9 Å². The van der Waals surface area contributed by atoms with Crippen molar-refractivity contribution in [2.24, 2.45) is 0 Å². The van der Waals surface area contributed by atoms with Crippen LogP contribution in [-0.2, 0) is 4.79 Å². The number of fused-ring (bicyclic) bond motifs is 1. The molecule has 29 heavy (non-hydrogen) atoms. The highest BCUT2D eigenvalue weighted by Crippen LogP contribution is 2.29. The molecule has 0 spiro atoms. The highest BCUT2D eigenvalue weighted by Gasteiger charge is 2.12. The van der Waals surface area contributed by atoms with Gasteiger partial charge in [0.05, 0.1) is 10.2 Å². The summed E-state index contributed by atoms with van der Waals surface area (Å²) < 4.78 is 6.65. The minimum atomic E-state index is -0.273. The van der Waals surface area contributed by atoms with Crippen molar-refractivity contribution in [2.75, 3.05) is 10.6 Å². The number of nitrogens with zero attached hydrogens (tertiary/aromatic N) is 1. The standard InChI is InChI=1S/C22H17N3O3S/c1-14(26)23-16-10-11-19-20(13-16)29-22(24-19)25-21(27)15-6-5-9-18(12-15)28-17-7-3-2-4-8-17/h2-13H,1H3,(H,23,26)(H,24,25,27). The largest absolute Gasteiger partial charge is 0.457 e. The van der Waals surface area contributed by atoms with Crippen molar-refractivity contribution in [3.05, 3.63) is 78.4 Å². The SMILES string of the molecule is CC(=O)Nc1ccc2nc(NC(=O)c3cccc(Oc4ccccc4)c3)sc2c1. The summed E-state index contributed by atoms with van der Waals surface area (Å²) in [5.41, 5.74) is 1.91. The minimum absolute atomic E-state index is 0.139. The van der Waals surface area contributed by atoms with Gasteiger partial charge in [-0.2, -0.15) is 0 Å². The van der Waals surface area contributed by atoms with Crippen LogP contribution in [0.25, 0.3) is 10.2 Å². The fraction of sp³-hybridized carbons (Fsp3) is 0.0455. The first-order chi connectivity index (χ1) is 14.1. The summed E-state index contributed by atoms with van der Waals surface area (Å²) in [5, 5.41) is 6.05. The molecule has 4 rings (SSSR count). The molecular formula is C22H17N3O3S. The molecule has 0 saturated heterocycles. The second-order valence-corrected chi connectivity index (χ2v) is 7.31. The summed E-state index contributed by atoms with van der Waals surface area (Å²) in [4.78, 5) is 28.3. The van der Waals surface area contributed by atoms with E-state index in [1.54, 1.807) is 36.4 Å². The van der Waals surface area contributed by atoms with Gasteiger partial charge in [-0.15, -0.1) is 0 Å². The van der Waals surface area contributed by atoms with Crippen LogP contribution in [0.5, 0.6) is 11.5 Å². The molecule has 144 valence electrons. The first kappa shape index (κ1) is 18.6. The van der Waals surface area contributed by atoms with E-state index in [1.165, 1.54) is 18.3 Å². The molecule has 0 bridgehead atoms. The number of anilines is 2. The molecule has 1 aromatic heterocycles. The lowest BCUT2D eigenvalue weighted by Crippen LogP contribution is -2.11. The molecule has 6 nitrogen and oxygen atoms in total. The maximum atomic E-state index is 12.7. The van der Waals surface area contributed by atoms with Crippen molar-refractivity contribution in [3.8, 4) is 11.5 Å². The Morgan fingerprint density at radius 3 is 2.48 bits per heavy atom. The summed E-state index contributed by atoms with van der Waals surface area (Å²) >= 11 is 1.34. The molecule has 0 atom stereocenters. The lowest BCUT2D eigenvalue weighted by atomic mass is 10.2. The van der Waals surface area contributed by atoms with Crippen molar-refractivity contribution >= 4 is 44.2 Å². The van der Waals surface area contributed by atoms with Crippen LogP contribution in [0.2, 0.25) is 0 Å². The minimum Gasteiger partial charge on any atom is -0.457 e. The summed E-state index contributed by atoms with van der Waals surface area (Å²) in [6, 6.07) is 21.8. The zero-order valence-corrected chi connectivity index (χ0v) is 16.3. The zero-order chi connectivity index (χ0) is 20.2. The second kappa shape index (κ2) is 8.12. The van der Waals surface area contributed by atoms with Crippen molar-refractivity contribution in [2.45, 2.75) is 6.92 Å². The molecule has 0 aliphatic heterocycles. The van der Waals surface area contributed by atoms with Crippen molar-refractivity contribution < 1.29 is 14.3 Å². The summed E-state index contributed by atoms with van der Waals surface area (Å²) in [6.07, 6.45) is 0. The highest BCUT2D eigenvalue weighted by atomic mass is 32.1. The molecule has 0 radical (unpaired) electrons. The van der Waals surface area contributed by atoms with Gasteiger partial charge >= 0.3 is 0 Å². The maximum Gasteiger partial charge on any atom is 0.257 e. The van der Waals surface area contributed by atoms with Crippen LogP contribution in [0.15, 0.2) is 72.8 Å². The van der Waals surface area contributed by atoms with Gasteiger partial charge < -0.3 is 10.1 Å². The van der Waals surface area contributed by atoms with Gasteiger partial charge in [-0.05, 0) is 48.5 Å². The van der Waals surface area contributed by atoms with E-state index in [2.05, 4.69) is 15.6 Å². The van der Waals surface area contributed by atoms with Crippen LogP contribution in [0.4, 0.5) is 10.8 Å². The number of para-hydroxylation sites is 1. The zero-order valence-electron chi connectivity index (χ0n) is 15.5. The predicted octanol–water partition coefficient (Wildman–Crippen LogP) is 5.30. The molecule has 0 fully saturated rings. The number of benzene rings is 3. The number of carbonyl (C=O) groups is 2. The molecule has 2 N–H and O–H groups in total. The Balaban J connectivity index is 1.50. The van der Waals surface area contributed by atoms with E-state index in [9.17, 15) is 9.59 Å². The molecule has 3 aromatic carbocycles. The van der Waals surface area contributed by atoms with E-state index < -0.39 is 0 Å². The number of thiazole rings is 1. The topological polar surface area (TPSA) is 80.3 Å². The maximum absolute atomic E-state index is 12.7. The third-order valence-electron chi connectivity index (χ3n) is 4.00. The fourth-order valence-corrected chi connectivity index (χ4v) is 3.65. The normalized spacial score (nSPS) is 10.5. The quantitative estimate of drug-likeness (QED) is 0.474. The monoisotopic (exact) mass is 403 g/mol. The molecule has 0 aliphatic rings. The third-order valence-corrected chi connectivity index (χ3v) is 4.94. The Morgan fingerprint density at radius 1 is 0.897 bits per heavy atom. The van der Waals surface area contributed by atoms with Gasteiger partial charge in [0.25, 0.3) is 5.91 Å². The Morgan fingerprint density at radius 2 is 1.69 bits per heavy atom. The molecule has 0 unspecified atom stereocenters. The van der Waals surface area contributed by atoms with E-state index in [-0.39, 0.29) is 11.8 Å². The predicted molar refractivity (Wildman–Crippen MR) is 115 cm³/mol. The Labute approximate surface area is 171 Å². The van der Waals surface area contributed by atoms with Crippen molar-refractivity contribution in [1.29, 1.82) is 0 Å². The Bertz CT molecular complexity index is 1190. The van der Waals surface area contributed by atoms with Gasteiger partial charge in [0, 0.05) is 18.2 Å².